The van der Waals surface area contributed by atoms with Gasteiger partial charge in [-0.15, -0.1) is 0 Å². The second-order valence-corrected chi connectivity index (χ2v) is 10.2. The Morgan fingerprint density at radius 1 is 1.09 bits per heavy atom. The quantitative estimate of drug-likeness (QED) is 0.379. The summed E-state index contributed by atoms with van der Waals surface area (Å²) >= 11 is 1.23. The van der Waals surface area contributed by atoms with Crippen LogP contribution in [-0.4, -0.2) is 19.2 Å². The molecule has 1 fully saturated rings. The minimum Gasteiger partial charge on any atom is -0.377 e. The van der Waals surface area contributed by atoms with E-state index in [2.05, 4.69) is 47.8 Å². The van der Waals surface area contributed by atoms with Gasteiger partial charge in [-0.2, -0.15) is 0 Å². The van der Waals surface area contributed by atoms with Crippen molar-refractivity contribution in [3.05, 3.63) is 83.4 Å². The predicted octanol–water partition coefficient (Wildman–Crippen LogP) is 6.40. The molecule has 2 amide bonds. The van der Waals surface area contributed by atoms with E-state index in [9.17, 15) is 4.79 Å². The summed E-state index contributed by atoms with van der Waals surface area (Å²) in [5, 5.41) is 8.75. The molecule has 1 saturated carbocycles. The van der Waals surface area contributed by atoms with Crippen LogP contribution in [0.15, 0.2) is 71.6 Å². The molecule has 1 aliphatic heterocycles. The number of fused-ring (bicyclic) bond motifs is 2. The topological polar surface area (TPSA) is 67.6 Å². The van der Waals surface area contributed by atoms with E-state index in [0.29, 0.717) is 19.8 Å². The number of urea groups is 1. The number of hydrogen-bond acceptors (Lipinski definition) is 4. The number of amides is 2. The Bertz CT molecular complexity index is 1190. The second kappa shape index (κ2) is 10.4. The molecule has 5 nitrogen and oxygen atoms in total. The largest absolute Gasteiger partial charge is 0.377 e. The molecule has 0 radical (unpaired) electrons. The zero-order valence-corrected chi connectivity index (χ0v) is 21.1. The molecule has 1 aliphatic carbocycles. The van der Waals surface area contributed by atoms with Crippen LogP contribution in [0.2, 0.25) is 0 Å². The number of carbonyl (C=O) groups is 1. The summed E-state index contributed by atoms with van der Waals surface area (Å²) in [5.41, 5.74) is 7.08. The first-order valence-corrected chi connectivity index (χ1v) is 13.3. The number of hydrogen-bond donors (Lipinski definition) is 2. The van der Waals surface area contributed by atoms with Crippen molar-refractivity contribution in [1.82, 2.24) is 5.32 Å². The highest BCUT2D eigenvalue weighted by molar-refractivity contribution is 7.97. The first kappa shape index (κ1) is 23.9. The van der Waals surface area contributed by atoms with E-state index in [4.69, 9.17) is 9.88 Å². The number of nitrogens with zero attached hydrogens (tertiary/aromatic N) is 1. The SMILES string of the molecule is CCOCc1ccccc1-c1ccc2c(c1)C1(CCCC1)CN2C(=O)NCc1ccc(SN)cc1. The third-order valence-electron chi connectivity index (χ3n) is 7.42. The van der Waals surface area contributed by atoms with Gasteiger partial charge in [-0.1, -0.05) is 55.3 Å². The molecule has 0 saturated heterocycles. The lowest BCUT2D eigenvalue weighted by Crippen LogP contribution is -2.41. The van der Waals surface area contributed by atoms with E-state index in [0.717, 1.165) is 35.5 Å². The van der Waals surface area contributed by atoms with Crippen LogP contribution in [0, 0.1) is 0 Å². The Hall–Kier alpha value is -2.80. The van der Waals surface area contributed by atoms with E-state index in [1.54, 1.807) is 0 Å². The summed E-state index contributed by atoms with van der Waals surface area (Å²) in [5.74, 6) is 0. The van der Waals surface area contributed by atoms with Gasteiger partial charge in [-0.05, 0) is 83.8 Å². The molecule has 0 atom stereocenters. The van der Waals surface area contributed by atoms with Gasteiger partial charge >= 0.3 is 6.03 Å². The third kappa shape index (κ3) is 4.83. The molecular formula is C29H33N3O2S. The number of carbonyl (C=O) groups excluding carboxylic acids is 1. The summed E-state index contributed by atoms with van der Waals surface area (Å²) in [4.78, 5) is 16.3. The van der Waals surface area contributed by atoms with Gasteiger partial charge in [0.05, 0.1) is 6.61 Å². The van der Waals surface area contributed by atoms with Gasteiger partial charge in [0.25, 0.3) is 0 Å². The maximum Gasteiger partial charge on any atom is 0.322 e. The maximum absolute atomic E-state index is 13.3. The average Bonchev–Trinajstić information content (AvgIpc) is 3.51. The van der Waals surface area contributed by atoms with E-state index in [-0.39, 0.29) is 11.4 Å². The zero-order valence-electron chi connectivity index (χ0n) is 20.3. The van der Waals surface area contributed by atoms with Crippen molar-refractivity contribution in [2.75, 3.05) is 18.1 Å². The van der Waals surface area contributed by atoms with Crippen molar-refractivity contribution in [2.45, 2.75) is 56.1 Å². The molecular weight excluding hydrogens is 454 g/mol. The molecule has 6 heteroatoms. The fraction of sp³-hybridized carbons (Fsp3) is 0.345. The highest BCUT2D eigenvalue weighted by Gasteiger charge is 2.46. The smallest absolute Gasteiger partial charge is 0.322 e. The van der Waals surface area contributed by atoms with Gasteiger partial charge in [0.15, 0.2) is 0 Å². The molecule has 3 aromatic carbocycles. The summed E-state index contributed by atoms with van der Waals surface area (Å²) in [6.07, 6.45) is 4.69. The maximum atomic E-state index is 13.3. The fourth-order valence-corrected chi connectivity index (χ4v) is 5.89. The first-order valence-electron chi connectivity index (χ1n) is 12.4. The van der Waals surface area contributed by atoms with Crippen LogP contribution < -0.4 is 15.4 Å². The van der Waals surface area contributed by atoms with Crippen LogP contribution in [0.25, 0.3) is 11.1 Å². The molecule has 3 aromatic rings. The summed E-state index contributed by atoms with van der Waals surface area (Å²) in [7, 11) is 0. The fourth-order valence-electron chi connectivity index (χ4n) is 5.60. The monoisotopic (exact) mass is 487 g/mol. The molecule has 182 valence electrons. The molecule has 35 heavy (non-hydrogen) atoms. The first-order chi connectivity index (χ1) is 17.1. The van der Waals surface area contributed by atoms with E-state index < -0.39 is 0 Å². The number of anilines is 1. The van der Waals surface area contributed by atoms with Gasteiger partial charge in [-0.25, -0.2) is 4.79 Å². The Morgan fingerprint density at radius 2 is 1.86 bits per heavy atom. The predicted molar refractivity (Wildman–Crippen MR) is 143 cm³/mol. The van der Waals surface area contributed by atoms with Gasteiger partial charge in [0.1, 0.15) is 0 Å². The summed E-state index contributed by atoms with van der Waals surface area (Å²) < 4.78 is 5.72. The Kier molecular flexibility index (Phi) is 7.14. The Labute approximate surface area is 212 Å². The minimum atomic E-state index is -0.0307. The second-order valence-electron chi connectivity index (χ2n) is 9.52. The molecule has 0 aromatic heterocycles. The molecule has 3 N–H and O–H groups in total. The van der Waals surface area contributed by atoms with E-state index >= 15 is 0 Å². The number of rotatable bonds is 7. The Morgan fingerprint density at radius 3 is 2.60 bits per heavy atom. The minimum absolute atomic E-state index is 0.0307. The summed E-state index contributed by atoms with van der Waals surface area (Å²) in [6.45, 7) is 4.57. The van der Waals surface area contributed by atoms with Gasteiger partial charge in [0.2, 0.25) is 0 Å². The van der Waals surface area contributed by atoms with Gasteiger partial charge < -0.3 is 10.1 Å². The van der Waals surface area contributed by atoms with Crippen molar-refractivity contribution in [1.29, 1.82) is 0 Å². The highest BCUT2D eigenvalue weighted by Crippen LogP contribution is 2.51. The van der Waals surface area contributed by atoms with Crippen molar-refractivity contribution in [3.8, 4) is 11.1 Å². The number of benzene rings is 3. The highest BCUT2D eigenvalue weighted by atomic mass is 32.2. The van der Waals surface area contributed by atoms with Crippen LogP contribution in [0.4, 0.5) is 10.5 Å². The number of nitrogens with two attached hydrogens (primary N) is 1. The van der Waals surface area contributed by atoms with Crippen LogP contribution in [0.1, 0.15) is 49.3 Å². The average molecular weight is 488 g/mol. The molecule has 5 rings (SSSR count). The van der Waals surface area contributed by atoms with Crippen molar-refractivity contribution >= 4 is 23.7 Å². The van der Waals surface area contributed by atoms with E-state index in [1.165, 1.54) is 47.0 Å². The normalized spacial score (nSPS) is 16.0. The van der Waals surface area contributed by atoms with Crippen LogP contribution in [0.3, 0.4) is 0 Å². The van der Waals surface area contributed by atoms with Crippen molar-refractivity contribution < 1.29 is 9.53 Å². The molecule has 1 spiro atoms. The van der Waals surface area contributed by atoms with Crippen molar-refractivity contribution in [3.63, 3.8) is 0 Å². The van der Waals surface area contributed by atoms with Crippen molar-refractivity contribution in [2.24, 2.45) is 5.14 Å². The standard InChI is InChI=1S/C29H33N3O2S/c1-2-34-19-23-7-3-4-8-25(23)22-11-14-27-26(17-22)29(15-5-6-16-29)20-32(27)28(33)31-18-21-9-12-24(35-30)13-10-21/h3-4,7-14,17H,2,5-6,15-16,18-20,30H2,1H3,(H,31,33). The molecule has 0 bridgehead atoms. The molecule has 0 unspecified atom stereocenters. The number of nitrogens with one attached hydrogen (secondary N) is 1. The van der Waals surface area contributed by atoms with Crippen LogP contribution >= 0.6 is 11.9 Å². The molecule has 1 heterocycles. The third-order valence-corrected chi connectivity index (χ3v) is 7.96. The lowest BCUT2D eigenvalue weighted by Gasteiger charge is -2.25. The summed E-state index contributed by atoms with van der Waals surface area (Å²) in [6, 6.07) is 23.1. The van der Waals surface area contributed by atoms with Gasteiger partial charge in [-0.3, -0.25) is 10.0 Å². The lowest BCUT2D eigenvalue weighted by atomic mass is 9.79. The van der Waals surface area contributed by atoms with Crippen LogP contribution in [-0.2, 0) is 23.3 Å². The van der Waals surface area contributed by atoms with Crippen LogP contribution in [0.5, 0.6) is 0 Å². The van der Waals surface area contributed by atoms with E-state index in [1.807, 2.05) is 36.1 Å². The number of ether oxygens (including phenoxy) is 1. The zero-order chi connectivity index (χ0) is 24.3. The van der Waals surface area contributed by atoms with Gasteiger partial charge in [0, 0.05) is 35.7 Å². The molecule has 2 aliphatic rings. The Balaban J connectivity index is 1.41. The lowest BCUT2D eigenvalue weighted by molar-refractivity contribution is 0.134.